The highest BCUT2D eigenvalue weighted by atomic mass is 16.2. The van der Waals surface area contributed by atoms with Crippen LogP contribution in [0.25, 0.3) is 11.0 Å². The molecule has 0 bridgehead atoms. The van der Waals surface area contributed by atoms with Gasteiger partial charge in [0.05, 0.1) is 23.1 Å². The van der Waals surface area contributed by atoms with Gasteiger partial charge in [0.15, 0.2) is 0 Å². The van der Waals surface area contributed by atoms with Gasteiger partial charge < -0.3 is 5.73 Å². The van der Waals surface area contributed by atoms with Crippen LogP contribution < -0.4 is 11.1 Å². The van der Waals surface area contributed by atoms with E-state index in [0.29, 0.717) is 29.7 Å². The number of nitrogen functional groups attached to an aromatic ring is 1. The molecule has 1 aliphatic heterocycles. The number of amides is 2. The van der Waals surface area contributed by atoms with Crippen molar-refractivity contribution in [3.8, 4) is 0 Å². The lowest BCUT2D eigenvalue weighted by Gasteiger charge is -2.21. The first-order valence-electron chi connectivity index (χ1n) is 5.99. The Labute approximate surface area is 109 Å². The van der Waals surface area contributed by atoms with Crippen molar-refractivity contribution in [1.29, 1.82) is 0 Å². The number of benzene rings is 1. The quantitative estimate of drug-likeness (QED) is 0.733. The summed E-state index contributed by atoms with van der Waals surface area (Å²) in [4.78, 5) is 31.3. The smallest absolute Gasteiger partial charge is 0.234 e. The van der Waals surface area contributed by atoms with Gasteiger partial charge in [-0.1, -0.05) is 6.07 Å². The van der Waals surface area contributed by atoms with Crippen LogP contribution in [0.5, 0.6) is 0 Å². The van der Waals surface area contributed by atoms with Crippen LogP contribution in [-0.2, 0) is 9.59 Å². The van der Waals surface area contributed by atoms with E-state index in [-0.39, 0.29) is 17.7 Å². The average molecular weight is 256 g/mol. The molecular formula is C13H12N4O2. The summed E-state index contributed by atoms with van der Waals surface area (Å²) in [6.45, 7) is 0. The minimum Gasteiger partial charge on any atom is -0.382 e. The van der Waals surface area contributed by atoms with Crippen molar-refractivity contribution in [3.05, 3.63) is 30.0 Å². The van der Waals surface area contributed by atoms with Crippen molar-refractivity contribution in [3.63, 3.8) is 0 Å². The van der Waals surface area contributed by atoms with Crippen molar-refractivity contribution in [2.75, 3.05) is 5.73 Å². The third-order valence-corrected chi connectivity index (χ3v) is 3.23. The summed E-state index contributed by atoms with van der Waals surface area (Å²) >= 11 is 0. The third kappa shape index (κ3) is 2.12. The Morgan fingerprint density at radius 3 is 2.89 bits per heavy atom. The van der Waals surface area contributed by atoms with Gasteiger partial charge in [-0.15, -0.1) is 0 Å². The highest BCUT2D eigenvalue weighted by Crippen LogP contribution is 2.26. The SMILES string of the molecule is Nc1cnc2cc(C3CCC(=O)NC3=O)ccc2n1. The van der Waals surface area contributed by atoms with Crippen LogP contribution in [0.3, 0.4) is 0 Å². The molecule has 1 unspecified atom stereocenters. The first kappa shape index (κ1) is 11.6. The molecule has 96 valence electrons. The molecule has 6 heteroatoms. The van der Waals surface area contributed by atoms with Crippen molar-refractivity contribution in [2.24, 2.45) is 0 Å². The fourth-order valence-corrected chi connectivity index (χ4v) is 2.27. The number of carbonyl (C=O) groups excluding carboxylic acids is 2. The molecule has 19 heavy (non-hydrogen) atoms. The summed E-state index contributed by atoms with van der Waals surface area (Å²) < 4.78 is 0. The van der Waals surface area contributed by atoms with Gasteiger partial charge in [0.2, 0.25) is 11.8 Å². The van der Waals surface area contributed by atoms with E-state index in [9.17, 15) is 9.59 Å². The lowest BCUT2D eigenvalue weighted by molar-refractivity contribution is -0.134. The lowest BCUT2D eigenvalue weighted by atomic mass is 9.90. The molecule has 1 aliphatic rings. The van der Waals surface area contributed by atoms with Crippen LogP contribution in [-0.4, -0.2) is 21.8 Å². The van der Waals surface area contributed by atoms with Crippen molar-refractivity contribution in [1.82, 2.24) is 15.3 Å². The number of hydrogen-bond donors (Lipinski definition) is 2. The van der Waals surface area contributed by atoms with Crippen molar-refractivity contribution in [2.45, 2.75) is 18.8 Å². The Kier molecular flexibility index (Phi) is 2.63. The van der Waals surface area contributed by atoms with E-state index in [0.717, 1.165) is 5.56 Å². The van der Waals surface area contributed by atoms with E-state index in [1.807, 2.05) is 12.1 Å². The van der Waals surface area contributed by atoms with Gasteiger partial charge in [0, 0.05) is 6.42 Å². The second kappa shape index (κ2) is 4.31. The molecule has 2 aromatic rings. The van der Waals surface area contributed by atoms with Gasteiger partial charge in [-0.3, -0.25) is 19.9 Å². The zero-order valence-corrected chi connectivity index (χ0v) is 10.1. The first-order valence-corrected chi connectivity index (χ1v) is 5.99. The molecule has 6 nitrogen and oxygen atoms in total. The molecule has 1 fully saturated rings. The largest absolute Gasteiger partial charge is 0.382 e. The van der Waals surface area contributed by atoms with E-state index in [4.69, 9.17) is 5.73 Å². The number of rotatable bonds is 1. The highest BCUT2D eigenvalue weighted by molar-refractivity contribution is 6.01. The first-order chi connectivity index (χ1) is 9.13. The molecule has 0 radical (unpaired) electrons. The number of anilines is 1. The number of nitrogens with two attached hydrogens (primary N) is 1. The molecule has 1 saturated heterocycles. The van der Waals surface area contributed by atoms with E-state index in [1.54, 1.807) is 6.07 Å². The Balaban J connectivity index is 1.99. The van der Waals surface area contributed by atoms with Crippen molar-refractivity contribution < 1.29 is 9.59 Å². The molecule has 2 amide bonds. The summed E-state index contributed by atoms with van der Waals surface area (Å²) in [5.41, 5.74) is 7.79. The van der Waals surface area contributed by atoms with Crippen LogP contribution in [0.2, 0.25) is 0 Å². The summed E-state index contributed by atoms with van der Waals surface area (Å²) in [5, 5.41) is 2.35. The maximum absolute atomic E-state index is 11.8. The molecule has 2 heterocycles. The van der Waals surface area contributed by atoms with Crippen LogP contribution >= 0.6 is 0 Å². The summed E-state index contributed by atoms with van der Waals surface area (Å²) in [7, 11) is 0. The van der Waals surface area contributed by atoms with Gasteiger partial charge >= 0.3 is 0 Å². The zero-order chi connectivity index (χ0) is 13.4. The van der Waals surface area contributed by atoms with E-state index in [1.165, 1.54) is 6.20 Å². The van der Waals surface area contributed by atoms with Gasteiger partial charge in [0.1, 0.15) is 5.82 Å². The number of nitrogens with zero attached hydrogens (tertiary/aromatic N) is 2. The van der Waals surface area contributed by atoms with Crippen LogP contribution in [0.4, 0.5) is 5.82 Å². The topological polar surface area (TPSA) is 98.0 Å². The highest BCUT2D eigenvalue weighted by Gasteiger charge is 2.28. The van der Waals surface area contributed by atoms with Gasteiger partial charge in [0.25, 0.3) is 0 Å². The number of carbonyl (C=O) groups is 2. The number of piperidine rings is 1. The molecule has 0 aliphatic carbocycles. The number of hydrogen-bond acceptors (Lipinski definition) is 5. The molecular weight excluding hydrogens is 244 g/mol. The maximum Gasteiger partial charge on any atom is 0.234 e. The predicted molar refractivity (Wildman–Crippen MR) is 69.1 cm³/mol. The monoisotopic (exact) mass is 256 g/mol. The summed E-state index contributed by atoms with van der Waals surface area (Å²) in [5.74, 6) is -0.406. The molecule has 1 aromatic carbocycles. The van der Waals surface area contributed by atoms with Gasteiger partial charge in [-0.25, -0.2) is 4.98 Å². The minimum absolute atomic E-state index is 0.213. The fraction of sp³-hybridized carbons (Fsp3) is 0.231. The Morgan fingerprint density at radius 2 is 2.11 bits per heavy atom. The van der Waals surface area contributed by atoms with E-state index < -0.39 is 0 Å². The third-order valence-electron chi connectivity index (χ3n) is 3.23. The Hall–Kier alpha value is -2.50. The van der Waals surface area contributed by atoms with E-state index >= 15 is 0 Å². The second-order valence-electron chi connectivity index (χ2n) is 4.55. The lowest BCUT2D eigenvalue weighted by Crippen LogP contribution is -2.39. The van der Waals surface area contributed by atoms with Crippen molar-refractivity contribution >= 4 is 28.7 Å². The number of nitrogens with one attached hydrogen (secondary N) is 1. The molecule has 0 saturated carbocycles. The zero-order valence-electron chi connectivity index (χ0n) is 10.1. The molecule has 0 spiro atoms. The van der Waals surface area contributed by atoms with Crippen LogP contribution in [0.1, 0.15) is 24.3 Å². The fourth-order valence-electron chi connectivity index (χ4n) is 2.27. The summed E-state index contributed by atoms with van der Waals surface area (Å²) in [6.07, 6.45) is 2.37. The standard InChI is InChI=1S/C13H12N4O2/c14-11-6-15-10-5-7(1-3-9(10)16-11)8-2-4-12(18)17-13(8)19/h1,3,5-6,8H,2,4H2,(H2,14,16)(H,17,18,19). The maximum atomic E-state index is 11.8. The number of imide groups is 1. The minimum atomic E-state index is -0.304. The average Bonchev–Trinajstić information content (AvgIpc) is 2.38. The number of aromatic nitrogens is 2. The molecule has 3 rings (SSSR count). The Bertz CT molecular complexity index is 683. The molecule has 1 aromatic heterocycles. The predicted octanol–water partition coefficient (Wildman–Crippen LogP) is 0.732. The molecule has 3 N–H and O–H groups in total. The van der Waals surface area contributed by atoms with Crippen LogP contribution in [0.15, 0.2) is 24.4 Å². The summed E-state index contributed by atoms with van der Waals surface area (Å²) in [6, 6.07) is 5.44. The molecule has 1 atom stereocenters. The number of fused-ring (bicyclic) bond motifs is 1. The second-order valence-corrected chi connectivity index (χ2v) is 4.55. The van der Waals surface area contributed by atoms with E-state index in [2.05, 4.69) is 15.3 Å². The normalized spacial score (nSPS) is 19.5. The van der Waals surface area contributed by atoms with Crippen LogP contribution in [0, 0.1) is 0 Å². The van der Waals surface area contributed by atoms with Gasteiger partial charge in [-0.2, -0.15) is 0 Å². The van der Waals surface area contributed by atoms with Gasteiger partial charge in [-0.05, 0) is 24.1 Å². The Morgan fingerprint density at radius 1 is 1.26 bits per heavy atom.